The van der Waals surface area contributed by atoms with E-state index in [2.05, 4.69) is 20.3 Å². The number of pyridine rings is 1. The maximum absolute atomic E-state index is 13.0. The molecule has 1 unspecified atom stereocenters. The van der Waals surface area contributed by atoms with Crippen molar-refractivity contribution >= 4 is 17.5 Å². The lowest BCUT2D eigenvalue weighted by Crippen LogP contribution is -2.28. The number of aromatic nitrogens is 3. The summed E-state index contributed by atoms with van der Waals surface area (Å²) in [6.07, 6.45) is -0.177. The molecule has 30 heavy (non-hydrogen) atoms. The summed E-state index contributed by atoms with van der Waals surface area (Å²) in [6, 6.07) is 5.40. The van der Waals surface area contributed by atoms with Crippen molar-refractivity contribution in [2.75, 3.05) is 7.11 Å². The minimum Gasteiger partial charge on any atom is -0.495 e. The molecule has 0 saturated carbocycles. The zero-order valence-electron chi connectivity index (χ0n) is 15.9. The Balaban J connectivity index is 1.87. The van der Waals surface area contributed by atoms with Crippen molar-refractivity contribution < 1.29 is 22.7 Å². The van der Waals surface area contributed by atoms with E-state index in [0.717, 1.165) is 12.1 Å². The fourth-order valence-electron chi connectivity index (χ4n) is 2.74. The van der Waals surface area contributed by atoms with Crippen LogP contribution in [0.25, 0.3) is 11.4 Å². The largest absolute Gasteiger partial charge is 0.495 e. The van der Waals surface area contributed by atoms with E-state index in [9.17, 15) is 18.0 Å². The van der Waals surface area contributed by atoms with Crippen molar-refractivity contribution in [3.05, 3.63) is 70.8 Å². The van der Waals surface area contributed by atoms with E-state index in [-0.39, 0.29) is 10.6 Å². The van der Waals surface area contributed by atoms with E-state index in [1.807, 2.05) is 0 Å². The van der Waals surface area contributed by atoms with Gasteiger partial charge in [-0.25, -0.2) is 0 Å². The Morgan fingerprint density at radius 2 is 1.87 bits per heavy atom. The molecule has 1 atom stereocenters. The lowest BCUT2D eigenvalue weighted by molar-refractivity contribution is -0.137. The summed E-state index contributed by atoms with van der Waals surface area (Å²) in [5.74, 6) is -0.165. The van der Waals surface area contributed by atoms with Gasteiger partial charge in [0.15, 0.2) is 0 Å². The molecule has 3 aromatic rings. The molecule has 0 spiro atoms. The number of halogens is 4. The number of methoxy groups -OCH3 is 1. The van der Waals surface area contributed by atoms with Crippen LogP contribution in [0.15, 0.2) is 48.9 Å². The highest BCUT2D eigenvalue weighted by molar-refractivity contribution is 6.31. The molecular formula is C20H16ClF3N4O2. The van der Waals surface area contributed by atoms with E-state index in [4.69, 9.17) is 16.3 Å². The molecule has 0 radical (unpaired) electrons. The molecule has 1 N–H and O–H groups in total. The summed E-state index contributed by atoms with van der Waals surface area (Å²) in [5.41, 5.74) is 0.115. The summed E-state index contributed by atoms with van der Waals surface area (Å²) >= 11 is 5.76. The first-order valence-corrected chi connectivity index (χ1v) is 9.07. The minimum atomic E-state index is -4.62. The number of rotatable bonds is 5. The molecule has 0 aliphatic carbocycles. The van der Waals surface area contributed by atoms with E-state index in [0.29, 0.717) is 22.8 Å². The number of nitrogens with zero attached hydrogens (tertiary/aromatic N) is 3. The molecule has 1 aromatic carbocycles. The highest BCUT2D eigenvalue weighted by Crippen LogP contribution is 2.32. The number of amides is 1. The van der Waals surface area contributed by atoms with Crippen LogP contribution in [0.4, 0.5) is 13.2 Å². The number of nitrogens with one attached hydrogen (secondary N) is 1. The maximum Gasteiger partial charge on any atom is 0.416 e. The number of carbonyl (C=O) groups is 1. The van der Waals surface area contributed by atoms with Gasteiger partial charge in [0.2, 0.25) is 0 Å². The van der Waals surface area contributed by atoms with Crippen LogP contribution in [0.1, 0.15) is 34.6 Å². The molecule has 6 nitrogen and oxygen atoms in total. The Morgan fingerprint density at radius 3 is 2.50 bits per heavy atom. The molecule has 0 fully saturated rings. The third-order valence-corrected chi connectivity index (χ3v) is 4.40. The quantitative estimate of drug-likeness (QED) is 0.626. The van der Waals surface area contributed by atoms with Crippen LogP contribution in [0.5, 0.6) is 5.75 Å². The molecule has 10 heteroatoms. The highest BCUT2D eigenvalue weighted by atomic mass is 35.5. The van der Waals surface area contributed by atoms with E-state index in [1.165, 1.54) is 31.8 Å². The monoisotopic (exact) mass is 436 g/mol. The molecule has 0 aliphatic rings. The number of alkyl halides is 3. The Kier molecular flexibility index (Phi) is 6.21. The molecule has 2 heterocycles. The van der Waals surface area contributed by atoms with Crippen LogP contribution in [0.2, 0.25) is 5.02 Å². The van der Waals surface area contributed by atoms with Gasteiger partial charge in [0.1, 0.15) is 11.4 Å². The summed E-state index contributed by atoms with van der Waals surface area (Å²) < 4.78 is 44.1. The second kappa shape index (κ2) is 8.66. The van der Waals surface area contributed by atoms with Crippen molar-refractivity contribution in [3.63, 3.8) is 0 Å². The standard InChI is InChI=1S/C20H16ClF3N4O2/c1-11(28-19(29)12-7-13(20(22,23)24)9-14(21)8-12)17-18(26-6-5-25-17)16-4-3-15(30-2)10-27-16/h3-11H,1-2H3,(H,28,29). The topological polar surface area (TPSA) is 77.0 Å². The third kappa shape index (κ3) is 4.85. The Labute approximate surface area is 175 Å². The smallest absolute Gasteiger partial charge is 0.416 e. The zero-order chi connectivity index (χ0) is 21.9. The average molecular weight is 437 g/mol. The molecule has 3 rings (SSSR count). The lowest BCUT2D eigenvalue weighted by Gasteiger charge is -2.17. The molecular weight excluding hydrogens is 421 g/mol. The van der Waals surface area contributed by atoms with Crippen LogP contribution in [-0.2, 0) is 6.18 Å². The van der Waals surface area contributed by atoms with E-state index in [1.54, 1.807) is 19.1 Å². The van der Waals surface area contributed by atoms with Crippen molar-refractivity contribution in [1.82, 2.24) is 20.3 Å². The predicted octanol–water partition coefficient (Wildman–Crippen LogP) is 4.71. The summed E-state index contributed by atoms with van der Waals surface area (Å²) in [6.45, 7) is 1.64. The van der Waals surface area contributed by atoms with Gasteiger partial charge in [-0.3, -0.25) is 19.7 Å². The first kappa shape index (κ1) is 21.5. The number of ether oxygens (including phenoxy) is 1. The number of carbonyl (C=O) groups excluding carboxylic acids is 1. The van der Waals surface area contributed by atoms with Gasteiger partial charge < -0.3 is 10.1 Å². The van der Waals surface area contributed by atoms with Gasteiger partial charge in [0.05, 0.1) is 36.3 Å². The summed E-state index contributed by atoms with van der Waals surface area (Å²) in [4.78, 5) is 25.4. The lowest BCUT2D eigenvalue weighted by atomic mass is 10.1. The predicted molar refractivity (Wildman–Crippen MR) is 104 cm³/mol. The van der Waals surface area contributed by atoms with Crippen LogP contribution >= 0.6 is 11.6 Å². The maximum atomic E-state index is 13.0. The van der Waals surface area contributed by atoms with Gasteiger partial charge in [0.25, 0.3) is 5.91 Å². The first-order chi connectivity index (χ1) is 14.2. The van der Waals surface area contributed by atoms with Crippen molar-refractivity contribution in [2.24, 2.45) is 0 Å². The van der Waals surface area contributed by atoms with Gasteiger partial charge in [0, 0.05) is 23.0 Å². The Morgan fingerprint density at radius 1 is 1.13 bits per heavy atom. The molecule has 0 saturated heterocycles. The van der Waals surface area contributed by atoms with Gasteiger partial charge >= 0.3 is 6.18 Å². The fourth-order valence-corrected chi connectivity index (χ4v) is 2.97. The molecule has 0 aliphatic heterocycles. The summed E-state index contributed by atoms with van der Waals surface area (Å²) in [5, 5.41) is 2.44. The molecule has 156 valence electrons. The van der Waals surface area contributed by atoms with E-state index >= 15 is 0 Å². The molecule has 0 bridgehead atoms. The van der Waals surface area contributed by atoms with Crippen molar-refractivity contribution in [1.29, 1.82) is 0 Å². The Bertz CT molecular complexity index is 1060. The SMILES string of the molecule is COc1ccc(-c2nccnc2C(C)NC(=O)c2cc(Cl)cc(C(F)(F)F)c2)nc1. The molecule has 1 amide bonds. The van der Waals surface area contributed by atoms with Crippen molar-refractivity contribution in [3.8, 4) is 17.1 Å². The average Bonchev–Trinajstić information content (AvgIpc) is 2.72. The van der Waals surface area contributed by atoms with Gasteiger partial charge in [-0.2, -0.15) is 13.2 Å². The van der Waals surface area contributed by atoms with Gasteiger partial charge in [-0.05, 0) is 37.3 Å². The van der Waals surface area contributed by atoms with Gasteiger partial charge in [-0.15, -0.1) is 0 Å². The van der Waals surface area contributed by atoms with Gasteiger partial charge in [-0.1, -0.05) is 11.6 Å². The second-order valence-electron chi connectivity index (χ2n) is 6.29. The molecule has 2 aromatic heterocycles. The summed E-state index contributed by atoms with van der Waals surface area (Å²) in [7, 11) is 1.52. The first-order valence-electron chi connectivity index (χ1n) is 8.69. The fraction of sp³-hybridized carbons (Fsp3) is 0.200. The number of hydrogen-bond acceptors (Lipinski definition) is 5. The van der Waals surface area contributed by atoms with Crippen molar-refractivity contribution in [2.45, 2.75) is 19.1 Å². The highest BCUT2D eigenvalue weighted by Gasteiger charge is 2.32. The zero-order valence-corrected chi connectivity index (χ0v) is 16.6. The normalized spacial score (nSPS) is 12.3. The minimum absolute atomic E-state index is 0.190. The van der Waals surface area contributed by atoms with Crippen LogP contribution in [-0.4, -0.2) is 28.0 Å². The third-order valence-electron chi connectivity index (χ3n) is 4.19. The second-order valence-corrected chi connectivity index (χ2v) is 6.73. The number of benzene rings is 1. The van der Waals surface area contributed by atoms with E-state index < -0.39 is 23.7 Å². The van der Waals surface area contributed by atoms with Crippen LogP contribution < -0.4 is 10.1 Å². The van der Waals surface area contributed by atoms with Crippen LogP contribution in [0.3, 0.4) is 0 Å². The Hall–Kier alpha value is -3.20. The van der Waals surface area contributed by atoms with Crippen LogP contribution in [0, 0.1) is 0 Å². The number of hydrogen-bond donors (Lipinski definition) is 1.